The van der Waals surface area contributed by atoms with E-state index in [1.807, 2.05) is 6.07 Å². The first-order valence-corrected chi connectivity index (χ1v) is 13.8. The third kappa shape index (κ3) is 7.50. The van der Waals surface area contributed by atoms with Crippen LogP contribution < -0.4 is 21.5 Å². The van der Waals surface area contributed by atoms with Crippen molar-refractivity contribution in [3.63, 3.8) is 0 Å². The number of carboxylic acids is 1. The molecule has 1 saturated heterocycles. The van der Waals surface area contributed by atoms with Crippen molar-refractivity contribution in [3.8, 4) is 0 Å². The number of carbonyl (C=O) groups excluding carboxylic acids is 3. The molecular weight excluding hydrogens is 587 g/mol. The van der Waals surface area contributed by atoms with E-state index in [1.165, 1.54) is 23.6 Å². The third-order valence-electron chi connectivity index (χ3n) is 5.03. The predicted octanol–water partition coefficient (Wildman–Crippen LogP) is -0.567. The van der Waals surface area contributed by atoms with Gasteiger partial charge in [-0.25, -0.2) is 18.4 Å². The molecule has 2 aliphatic rings. The minimum Gasteiger partial charge on any atom is -1.00 e. The fraction of sp³-hybridized carbons (Fsp3) is 0.300. The van der Waals surface area contributed by atoms with Crippen molar-refractivity contribution in [3.05, 3.63) is 47.2 Å². The molecule has 1 aromatic heterocycles. The number of hydrogen-bond donors (Lipinski definition) is 5. The Labute approximate surface area is 258 Å². The molecule has 0 bridgehead atoms. The molecule has 3 amide bonds. The predicted molar refractivity (Wildman–Crippen MR) is 142 cm³/mol. The Bertz CT molecular complexity index is 1380. The number of primary sulfonamides is 1. The zero-order valence-corrected chi connectivity index (χ0v) is 24.8. The minimum absolute atomic E-state index is 0. The van der Waals surface area contributed by atoms with Crippen LogP contribution in [-0.4, -0.2) is 107 Å². The first-order valence-electron chi connectivity index (χ1n) is 10.4. The molecule has 1 fully saturated rings. The molecule has 18 heteroatoms. The summed E-state index contributed by atoms with van der Waals surface area (Å²) >= 11 is 2.13. The van der Waals surface area contributed by atoms with Crippen molar-refractivity contribution in [2.75, 3.05) is 11.1 Å². The molecule has 38 heavy (non-hydrogen) atoms. The number of hydrogen-bond acceptors (Lipinski definition) is 11. The van der Waals surface area contributed by atoms with Crippen LogP contribution >= 0.6 is 23.1 Å². The maximum absolute atomic E-state index is 12.3. The van der Waals surface area contributed by atoms with Gasteiger partial charge in [-0.1, -0.05) is 41.7 Å². The van der Waals surface area contributed by atoms with Crippen molar-refractivity contribution in [1.29, 1.82) is 0 Å². The number of fused-ring (bicyclic) bond motifs is 1. The Balaban J connectivity index is 0.000000822. The van der Waals surface area contributed by atoms with Crippen LogP contribution in [0.15, 0.2) is 45.9 Å². The monoisotopic (exact) mass is 611 g/mol. The largest absolute Gasteiger partial charge is 2.00 e. The molecule has 0 spiro atoms. The SMILES string of the molecule is CC(=O)Nc1nnc(S(N)(=O)=O)s1.CC1=C(C(=O)O)N2C(=O)[C@@H](NC(=O)[C@H](N)c3ccccc3)[C@H]2SC1.[Ca+2].[H-].[H-]. The summed E-state index contributed by atoms with van der Waals surface area (Å²) < 4.78 is 21.1. The Morgan fingerprint density at radius 3 is 2.39 bits per heavy atom. The van der Waals surface area contributed by atoms with Gasteiger partial charge in [0.1, 0.15) is 23.2 Å². The Kier molecular flexibility index (Phi) is 11.2. The second-order valence-corrected chi connectivity index (χ2v) is 11.6. The Morgan fingerprint density at radius 1 is 1.24 bits per heavy atom. The van der Waals surface area contributed by atoms with Gasteiger partial charge >= 0.3 is 43.7 Å². The van der Waals surface area contributed by atoms with E-state index >= 15 is 0 Å². The number of amides is 3. The van der Waals surface area contributed by atoms with Gasteiger partial charge in [-0.2, -0.15) is 0 Å². The molecule has 3 heterocycles. The van der Waals surface area contributed by atoms with Gasteiger partial charge in [0.25, 0.3) is 15.9 Å². The van der Waals surface area contributed by atoms with E-state index in [1.54, 1.807) is 31.2 Å². The van der Waals surface area contributed by atoms with Crippen LogP contribution in [0.2, 0.25) is 0 Å². The summed E-state index contributed by atoms with van der Waals surface area (Å²) in [5.74, 6) is -1.85. The van der Waals surface area contributed by atoms with Crippen LogP contribution in [0.3, 0.4) is 0 Å². The fourth-order valence-corrected chi connectivity index (χ4v) is 6.03. The number of nitrogens with one attached hydrogen (secondary N) is 2. The normalized spacial score (nSPS) is 19.1. The quantitative estimate of drug-likeness (QED) is 0.158. The molecule has 0 aliphatic carbocycles. The van der Waals surface area contributed by atoms with Gasteiger partial charge in [-0.3, -0.25) is 19.3 Å². The Hall–Kier alpha value is -2.12. The zero-order chi connectivity index (χ0) is 27.5. The van der Waals surface area contributed by atoms with Gasteiger partial charge in [0.15, 0.2) is 0 Å². The second kappa shape index (κ2) is 13.3. The minimum atomic E-state index is -3.82. The summed E-state index contributed by atoms with van der Waals surface area (Å²) in [6.45, 7) is 2.97. The van der Waals surface area contributed by atoms with Crippen molar-refractivity contribution in [1.82, 2.24) is 20.4 Å². The summed E-state index contributed by atoms with van der Waals surface area (Å²) in [6.07, 6.45) is 0. The molecule has 0 saturated carbocycles. The van der Waals surface area contributed by atoms with E-state index in [-0.39, 0.29) is 61.7 Å². The maximum Gasteiger partial charge on any atom is 2.00 e. The number of nitrogens with zero attached hydrogens (tertiary/aromatic N) is 3. The van der Waals surface area contributed by atoms with Gasteiger partial charge in [-0.05, 0) is 18.1 Å². The summed E-state index contributed by atoms with van der Waals surface area (Å²) in [5.41, 5.74) is 7.24. The number of benzene rings is 1. The molecule has 0 unspecified atom stereocenters. The molecule has 7 N–H and O–H groups in total. The standard InChI is InChI=1S/C16H17N3O4S.C4H6N4O3S2.Ca.2H/c1-8-7-24-15-11(14(21)19(15)12(8)16(22)23)18-13(20)10(17)9-5-3-2-4-6-9;1-2(9)6-3-7-8-4(12-3)13(5,10)11;;;/h2-6,10-11,15H,7,17H2,1H3,(H,18,20)(H,22,23);1H3,(H2,5,10,11)(H,6,7,9);;;/q;;+2;2*-1/t10-,11-,15-;;;;/m1..../s1. The Morgan fingerprint density at radius 2 is 1.87 bits per heavy atom. The molecule has 202 valence electrons. The number of nitrogens with two attached hydrogens (primary N) is 2. The van der Waals surface area contributed by atoms with Gasteiger partial charge in [0.05, 0.1) is 0 Å². The van der Waals surface area contributed by atoms with Crippen LogP contribution in [0.4, 0.5) is 5.13 Å². The van der Waals surface area contributed by atoms with Crippen molar-refractivity contribution in [2.45, 2.75) is 35.6 Å². The van der Waals surface area contributed by atoms with Gasteiger partial charge < -0.3 is 24.3 Å². The molecule has 4 rings (SSSR count). The first-order chi connectivity index (χ1) is 17.3. The molecule has 2 aromatic rings. The molecule has 2 aliphatic heterocycles. The van der Waals surface area contributed by atoms with E-state index in [2.05, 4.69) is 20.8 Å². The number of carbonyl (C=O) groups is 4. The number of anilines is 1. The van der Waals surface area contributed by atoms with Crippen LogP contribution in [0, 0.1) is 0 Å². The number of aromatic nitrogens is 2. The zero-order valence-electron chi connectivity index (χ0n) is 22.2. The number of thioether (sulfide) groups is 1. The molecule has 3 atom stereocenters. The van der Waals surface area contributed by atoms with E-state index in [9.17, 15) is 32.7 Å². The molecule has 0 radical (unpaired) electrons. The maximum atomic E-state index is 12.3. The number of aliphatic carboxylic acids is 1. The van der Waals surface area contributed by atoms with Crippen LogP contribution in [0.25, 0.3) is 0 Å². The number of β-lactam (4-membered cyclic amide) rings is 1. The average Bonchev–Trinajstić information content (AvgIpc) is 3.31. The number of carboxylic acid groups (broad SMARTS) is 1. The third-order valence-corrected chi connectivity index (χ3v) is 8.61. The van der Waals surface area contributed by atoms with Crippen molar-refractivity contribution >= 4 is 99.7 Å². The van der Waals surface area contributed by atoms with E-state index in [0.717, 1.165) is 0 Å². The van der Waals surface area contributed by atoms with Crippen LogP contribution in [0.5, 0.6) is 0 Å². The van der Waals surface area contributed by atoms with Crippen LogP contribution in [0.1, 0.15) is 28.3 Å². The van der Waals surface area contributed by atoms with Gasteiger partial charge in [-0.15, -0.1) is 22.0 Å². The molecule has 14 nitrogen and oxygen atoms in total. The van der Waals surface area contributed by atoms with Crippen molar-refractivity contribution < 1.29 is 35.6 Å². The topological polar surface area (TPSA) is 228 Å². The summed E-state index contributed by atoms with van der Waals surface area (Å²) in [7, 11) is -3.82. The second-order valence-electron chi connectivity index (χ2n) is 7.82. The van der Waals surface area contributed by atoms with Crippen molar-refractivity contribution in [2.24, 2.45) is 10.9 Å². The van der Waals surface area contributed by atoms with E-state index in [4.69, 9.17) is 10.9 Å². The summed E-state index contributed by atoms with van der Waals surface area (Å²) in [4.78, 5) is 47.7. The summed E-state index contributed by atoms with van der Waals surface area (Å²) in [5, 5.41) is 25.4. The number of rotatable bonds is 6. The average molecular weight is 612 g/mol. The molecular formula is C20H25CaN7O7S3. The van der Waals surface area contributed by atoms with Gasteiger partial charge in [0, 0.05) is 12.7 Å². The first kappa shape index (κ1) is 32.1. The molecule has 1 aromatic carbocycles. The van der Waals surface area contributed by atoms with E-state index < -0.39 is 45.3 Å². The van der Waals surface area contributed by atoms with Crippen LogP contribution in [-0.2, 0) is 29.2 Å². The smallest absolute Gasteiger partial charge is 1.00 e. The van der Waals surface area contributed by atoms with Gasteiger partial charge in [0.2, 0.25) is 21.3 Å². The summed E-state index contributed by atoms with van der Waals surface area (Å²) in [6, 6.07) is 7.23. The fourth-order valence-electron chi connectivity index (χ4n) is 3.36. The number of sulfonamides is 1. The van der Waals surface area contributed by atoms with E-state index in [0.29, 0.717) is 28.2 Å².